The highest BCUT2D eigenvalue weighted by atomic mass is 35.5. The topological polar surface area (TPSA) is 72.9 Å². The third-order valence-electron chi connectivity index (χ3n) is 2.89. The molecule has 21 heavy (non-hydrogen) atoms. The maximum atomic E-state index is 5.77. The number of imidazole rings is 1. The number of rotatable bonds is 7. The van der Waals surface area contributed by atoms with Crippen LogP contribution in [0.1, 0.15) is 0 Å². The Morgan fingerprint density at radius 3 is 2.33 bits per heavy atom. The normalized spacial score (nSPS) is 10.4. The minimum atomic E-state index is 0. The summed E-state index contributed by atoms with van der Waals surface area (Å²) in [5.74, 6) is 1.59. The highest BCUT2D eigenvalue weighted by molar-refractivity contribution is 6.18. The van der Waals surface area contributed by atoms with Gasteiger partial charge in [0.05, 0.1) is 6.33 Å². The van der Waals surface area contributed by atoms with Gasteiger partial charge in [0.15, 0.2) is 11.5 Å². The van der Waals surface area contributed by atoms with E-state index in [2.05, 4.69) is 19.9 Å². The molecule has 0 aliphatic carbocycles. The van der Waals surface area contributed by atoms with Gasteiger partial charge in [-0.15, -0.1) is 48.0 Å². The van der Waals surface area contributed by atoms with Gasteiger partial charge in [0.1, 0.15) is 11.8 Å². The van der Waals surface area contributed by atoms with E-state index < -0.39 is 0 Å². The second-order valence-electron chi connectivity index (χ2n) is 4.09. The number of nitrogens with zero attached hydrogens (tertiary/aromatic N) is 5. The minimum Gasteiger partial charge on any atom is -0.382 e. The molecular formula is C11H18Cl4N6. The fourth-order valence-electron chi connectivity index (χ4n) is 1.89. The fourth-order valence-corrected chi connectivity index (χ4v) is 2.36. The summed E-state index contributed by atoms with van der Waals surface area (Å²) in [4.78, 5) is 14.6. The van der Waals surface area contributed by atoms with Crippen molar-refractivity contribution in [2.45, 2.75) is 6.54 Å². The standard InChI is InChI=1S/C11H16Cl2N6.2ClH/c12-1-3-18(4-2-13)5-6-19-8-17-9-10(14)15-7-16-11(9)19;;/h7-8H,1-6H2,(H2,14,15,16);2*1H. The van der Waals surface area contributed by atoms with Crippen LogP contribution >= 0.6 is 48.0 Å². The maximum absolute atomic E-state index is 5.77. The van der Waals surface area contributed by atoms with Crippen LogP contribution in [0.4, 0.5) is 5.82 Å². The van der Waals surface area contributed by atoms with Gasteiger partial charge in [0, 0.05) is 37.9 Å². The highest BCUT2D eigenvalue weighted by Crippen LogP contribution is 2.13. The molecule has 0 saturated heterocycles. The van der Waals surface area contributed by atoms with Crippen molar-refractivity contribution in [1.82, 2.24) is 24.4 Å². The lowest BCUT2D eigenvalue weighted by atomic mass is 10.4. The third-order valence-corrected chi connectivity index (χ3v) is 3.23. The Bertz CT molecular complexity index is 528. The lowest BCUT2D eigenvalue weighted by Gasteiger charge is -2.20. The molecule has 2 heterocycles. The third kappa shape index (κ3) is 5.30. The Hall–Kier alpha value is -0.530. The first-order chi connectivity index (χ1) is 9.26. The average Bonchev–Trinajstić information content (AvgIpc) is 2.81. The summed E-state index contributed by atoms with van der Waals surface area (Å²) in [6.45, 7) is 3.24. The molecule has 120 valence electrons. The van der Waals surface area contributed by atoms with Gasteiger partial charge in [-0.3, -0.25) is 4.90 Å². The van der Waals surface area contributed by atoms with Crippen molar-refractivity contribution in [1.29, 1.82) is 0 Å². The van der Waals surface area contributed by atoms with Gasteiger partial charge < -0.3 is 10.3 Å². The van der Waals surface area contributed by atoms with Crippen LogP contribution in [-0.4, -0.2) is 55.8 Å². The Kier molecular flexibility index (Phi) is 9.98. The number of nitrogen functional groups attached to an aromatic ring is 1. The van der Waals surface area contributed by atoms with Gasteiger partial charge >= 0.3 is 0 Å². The van der Waals surface area contributed by atoms with E-state index in [0.29, 0.717) is 23.1 Å². The van der Waals surface area contributed by atoms with Crippen molar-refractivity contribution >= 4 is 65.0 Å². The average molecular weight is 376 g/mol. The number of hydrogen-bond acceptors (Lipinski definition) is 5. The molecule has 6 nitrogen and oxygen atoms in total. The van der Waals surface area contributed by atoms with E-state index in [1.54, 1.807) is 6.33 Å². The van der Waals surface area contributed by atoms with Gasteiger partial charge in [-0.1, -0.05) is 0 Å². The molecule has 0 radical (unpaired) electrons. The summed E-state index contributed by atoms with van der Waals surface area (Å²) in [6.07, 6.45) is 3.18. The molecule has 0 fully saturated rings. The van der Waals surface area contributed by atoms with Crippen LogP contribution in [0.5, 0.6) is 0 Å². The summed E-state index contributed by atoms with van der Waals surface area (Å²) < 4.78 is 1.96. The molecular weight excluding hydrogens is 358 g/mol. The molecule has 0 spiro atoms. The smallest absolute Gasteiger partial charge is 0.165 e. The minimum absolute atomic E-state index is 0. The monoisotopic (exact) mass is 374 g/mol. The Labute approximate surface area is 145 Å². The SMILES string of the molecule is Cl.Cl.Nc1ncnc2c1ncn2CCN(CCCl)CCCl. The fraction of sp³-hybridized carbons (Fsp3) is 0.545. The van der Waals surface area contributed by atoms with Crippen LogP contribution < -0.4 is 5.73 Å². The lowest BCUT2D eigenvalue weighted by molar-refractivity contribution is 0.295. The quantitative estimate of drug-likeness (QED) is 0.749. The Morgan fingerprint density at radius 2 is 1.71 bits per heavy atom. The molecule has 0 aliphatic rings. The van der Waals surface area contributed by atoms with E-state index in [-0.39, 0.29) is 24.8 Å². The molecule has 10 heteroatoms. The van der Waals surface area contributed by atoms with Gasteiger partial charge in [0.2, 0.25) is 0 Å². The van der Waals surface area contributed by atoms with E-state index in [0.717, 1.165) is 31.8 Å². The summed E-state index contributed by atoms with van der Waals surface area (Å²) in [6, 6.07) is 0. The second kappa shape index (κ2) is 10.2. The lowest BCUT2D eigenvalue weighted by Crippen LogP contribution is -2.31. The first kappa shape index (κ1) is 20.5. The molecule has 0 saturated carbocycles. The molecule has 0 unspecified atom stereocenters. The summed E-state index contributed by atoms with van der Waals surface area (Å²) >= 11 is 11.5. The first-order valence-corrected chi connectivity index (χ1v) is 7.08. The first-order valence-electron chi connectivity index (χ1n) is 6.02. The summed E-state index contributed by atoms with van der Waals surface area (Å²) in [5.41, 5.74) is 7.14. The van der Waals surface area contributed by atoms with E-state index in [9.17, 15) is 0 Å². The van der Waals surface area contributed by atoms with E-state index in [4.69, 9.17) is 28.9 Å². The van der Waals surface area contributed by atoms with Crippen LogP contribution in [0.3, 0.4) is 0 Å². The van der Waals surface area contributed by atoms with Crippen LogP contribution in [0, 0.1) is 0 Å². The highest BCUT2D eigenvalue weighted by Gasteiger charge is 2.09. The summed E-state index contributed by atoms with van der Waals surface area (Å²) in [7, 11) is 0. The van der Waals surface area contributed by atoms with Crippen molar-refractivity contribution in [3.05, 3.63) is 12.7 Å². The number of hydrogen-bond donors (Lipinski definition) is 1. The number of fused-ring (bicyclic) bond motifs is 1. The van der Waals surface area contributed by atoms with Crippen molar-refractivity contribution in [3.8, 4) is 0 Å². The Balaban J connectivity index is 0.00000200. The van der Waals surface area contributed by atoms with Crippen molar-refractivity contribution in [3.63, 3.8) is 0 Å². The number of aromatic nitrogens is 4. The molecule has 0 bridgehead atoms. The van der Waals surface area contributed by atoms with Crippen LogP contribution in [0.25, 0.3) is 11.2 Å². The largest absolute Gasteiger partial charge is 0.382 e. The van der Waals surface area contributed by atoms with Crippen LogP contribution in [0.2, 0.25) is 0 Å². The number of anilines is 1. The second-order valence-corrected chi connectivity index (χ2v) is 4.84. The maximum Gasteiger partial charge on any atom is 0.165 e. The zero-order valence-electron chi connectivity index (χ0n) is 11.3. The predicted octanol–water partition coefficient (Wildman–Crippen LogP) is 2.03. The van der Waals surface area contributed by atoms with Gasteiger partial charge in [-0.25, -0.2) is 15.0 Å². The molecule has 0 atom stereocenters. The summed E-state index contributed by atoms with van der Waals surface area (Å²) in [5, 5.41) is 0. The zero-order valence-corrected chi connectivity index (χ0v) is 14.4. The molecule has 2 aromatic rings. The number of halogens is 4. The predicted molar refractivity (Wildman–Crippen MR) is 92.1 cm³/mol. The number of nitrogens with two attached hydrogens (primary N) is 1. The molecule has 2 aromatic heterocycles. The van der Waals surface area contributed by atoms with E-state index in [1.807, 2.05) is 4.57 Å². The zero-order chi connectivity index (χ0) is 13.7. The van der Waals surface area contributed by atoms with Crippen molar-refractivity contribution in [2.24, 2.45) is 0 Å². The molecule has 0 amide bonds. The molecule has 2 rings (SSSR count). The molecule has 0 aromatic carbocycles. The Morgan fingerprint density at radius 1 is 1.05 bits per heavy atom. The number of alkyl halides is 2. The van der Waals surface area contributed by atoms with Crippen molar-refractivity contribution < 1.29 is 0 Å². The van der Waals surface area contributed by atoms with Gasteiger partial charge in [-0.2, -0.15) is 0 Å². The van der Waals surface area contributed by atoms with E-state index in [1.165, 1.54) is 6.33 Å². The molecule has 0 aliphatic heterocycles. The van der Waals surface area contributed by atoms with Gasteiger partial charge in [-0.05, 0) is 0 Å². The van der Waals surface area contributed by atoms with Crippen LogP contribution in [-0.2, 0) is 6.54 Å². The van der Waals surface area contributed by atoms with Gasteiger partial charge in [0.25, 0.3) is 0 Å². The van der Waals surface area contributed by atoms with Crippen LogP contribution in [0.15, 0.2) is 12.7 Å². The van der Waals surface area contributed by atoms with Crippen molar-refractivity contribution in [2.75, 3.05) is 37.1 Å². The molecule has 2 N–H and O–H groups in total. The van der Waals surface area contributed by atoms with E-state index >= 15 is 0 Å².